The smallest absolute Gasteiger partial charge is 0.138 e. The first-order valence-corrected chi connectivity index (χ1v) is 6.39. The predicted molar refractivity (Wildman–Crippen MR) is 69.2 cm³/mol. The number of benzene rings is 1. The van der Waals surface area contributed by atoms with E-state index in [9.17, 15) is 0 Å². The Bertz CT molecular complexity index is 368. The highest BCUT2D eigenvalue weighted by Crippen LogP contribution is 2.27. The van der Waals surface area contributed by atoms with E-state index in [4.69, 9.17) is 32.7 Å². The summed E-state index contributed by atoms with van der Waals surface area (Å²) >= 11 is 11.8. The lowest BCUT2D eigenvalue weighted by Crippen LogP contribution is -2.38. The number of nitrogens with zero attached hydrogens (tertiary/aromatic N) is 1. The highest BCUT2D eigenvalue weighted by Gasteiger charge is 2.10. The van der Waals surface area contributed by atoms with Gasteiger partial charge in [0.25, 0.3) is 0 Å². The van der Waals surface area contributed by atoms with E-state index in [0.717, 1.165) is 32.8 Å². The van der Waals surface area contributed by atoms with Crippen molar-refractivity contribution >= 4 is 23.2 Å². The van der Waals surface area contributed by atoms with E-state index in [2.05, 4.69) is 4.90 Å². The molecule has 1 fully saturated rings. The Morgan fingerprint density at radius 2 is 2.00 bits per heavy atom. The van der Waals surface area contributed by atoms with Crippen LogP contribution in [0.25, 0.3) is 0 Å². The Labute approximate surface area is 111 Å². The molecule has 1 saturated heterocycles. The van der Waals surface area contributed by atoms with Crippen LogP contribution in [0.5, 0.6) is 5.75 Å². The second kappa shape index (κ2) is 6.45. The zero-order valence-corrected chi connectivity index (χ0v) is 11.0. The number of morpholine rings is 1. The van der Waals surface area contributed by atoms with Crippen molar-refractivity contribution in [3.63, 3.8) is 0 Å². The van der Waals surface area contributed by atoms with Gasteiger partial charge in [0.15, 0.2) is 0 Å². The van der Waals surface area contributed by atoms with Crippen molar-refractivity contribution in [1.29, 1.82) is 0 Å². The fourth-order valence-electron chi connectivity index (χ4n) is 1.70. The van der Waals surface area contributed by atoms with Crippen LogP contribution in [0.1, 0.15) is 0 Å². The van der Waals surface area contributed by atoms with Gasteiger partial charge in [0.2, 0.25) is 0 Å². The summed E-state index contributed by atoms with van der Waals surface area (Å²) < 4.78 is 10.9. The molecule has 1 aliphatic rings. The van der Waals surface area contributed by atoms with Crippen molar-refractivity contribution in [3.8, 4) is 5.75 Å². The molecule has 1 aromatic carbocycles. The normalized spacial score (nSPS) is 17.1. The summed E-state index contributed by atoms with van der Waals surface area (Å²) in [5.74, 6) is 0.685. The molecule has 0 aliphatic carbocycles. The predicted octanol–water partition coefficient (Wildman–Crippen LogP) is 2.70. The molecule has 1 aliphatic heterocycles. The van der Waals surface area contributed by atoms with E-state index < -0.39 is 0 Å². The van der Waals surface area contributed by atoms with Gasteiger partial charge in [-0.1, -0.05) is 23.2 Å². The fraction of sp³-hybridized carbons (Fsp3) is 0.500. The van der Waals surface area contributed by atoms with Crippen LogP contribution < -0.4 is 4.74 Å². The molecule has 0 aromatic heterocycles. The van der Waals surface area contributed by atoms with Crippen LogP contribution in [0.4, 0.5) is 0 Å². The van der Waals surface area contributed by atoms with Gasteiger partial charge in [0, 0.05) is 24.7 Å². The van der Waals surface area contributed by atoms with Gasteiger partial charge in [-0.25, -0.2) is 0 Å². The maximum atomic E-state index is 6.01. The molecule has 0 saturated carbocycles. The van der Waals surface area contributed by atoms with Crippen molar-refractivity contribution in [2.24, 2.45) is 0 Å². The van der Waals surface area contributed by atoms with Gasteiger partial charge in [-0.3, -0.25) is 4.90 Å². The number of hydrogen-bond donors (Lipinski definition) is 0. The van der Waals surface area contributed by atoms with Crippen molar-refractivity contribution in [2.45, 2.75) is 0 Å². The lowest BCUT2D eigenvalue weighted by atomic mass is 10.3. The SMILES string of the molecule is Clc1ccc(OCCN2CCOCC2)c(Cl)c1. The van der Waals surface area contributed by atoms with Crippen LogP contribution in [-0.4, -0.2) is 44.4 Å². The maximum absolute atomic E-state index is 6.01. The van der Waals surface area contributed by atoms with Crippen LogP contribution in [0.15, 0.2) is 18.2 Å². The highest BCUT2D eigenvalue weighted by molar-refractivity contribution is 6.35. The third kappa shape index (κ3) is 4.03. The molecule has 0 amide bonds. The summed E-state index contributed by atoms with van der Waals surface area (Å²) in [6.45, 7) is 5.07. The molecule has 0 radical (unpaired) electrons. The third-order valence-corrected chi connectivity index (χ3v) is 3.19. The minimum Gasteiger partial charge on any atom is -0.491 e. The molecule has 94 valence electrons. The minimum absolute atomic E-state index is 0.555. The van der Waals surface area contributed by atoms with Gasteiger partial charge in [0.1, 0.15) is 12.4 Å². The van der Waals surface area contributed by atoms with Crippen molar-refractivity contribution in [1.82, 2.24) is 4.90 Å². The van der Waals surface area contributed by atoms with Gasteiger partial charge < -0.3 is 9.47 Å². The largest absolute Gasteiger partial charge is 0.491 e. The number of halogens is 2. The molecule has 0 unspecified atom stereocenters. The Kier molecular flexibility index (Phi) is 4.92. The average molecular weight is 276 g/mol. The number of hydrogen-bond acceptors (Lipinski definition) is 3. The van der Waals surface area contributed by atoms with Crippen LogP contribution in [0, 0.1) is 0 Å². The fourth-order valence-corrected chi connectivity index (χ4v) is 2.16. The molecular formula is C12H15Cl2NO2. The first kappa shape index (κ1) is 13.0. The van der Waals surface area contributed by atoms with Crippen molar-refractivity contribution in [2.75, 3.05) is 39.5 Å². The van der Waals surface area contributed by atoms with Gasteiger partial charge in [-0.2, -0.15) is 0 Å². The van der Waals surface area contributed by atoms with Gasteiger partial charge in [0.05, 0.1) is 18.2 Å². The second-order valence-electron chi connectivity index (χ2n) is 3.88. The molecule has 17 heavy (non-hydrogen) atoms. The van der Waals surface area contributed by atoms with Gasteiger partial charge >= 0.3 is 0 Å². The summed E-state index contributed by atoms with van der Waals surface area (Å²) in [6, 6.07) is 5.26. The molecule has 0 spiro atoms. The summed E-state index contributed by atoms with van der Waals surface area (Å²) in [4.78, 5) is 2.31. The van der Waals surface area contributed by atoms with E-state index in [-0.39, 0.29) is 0 Å². The molecule has 3 nitrogen and oxygen atoms in total. The zero-order chi connectivity index (χ0) is 12.1. The molecule has 2 rings (SSSR count). The lowest BCUT2D eigenvalue weighted by molar-refractivity contribution is 0.0322. The quantitative estimate of drug-likeness (QED) is 0.844. The van der Waals surface area contributed by atoms with E-state index >= 15 is 0 Å². The van der Waals surface area contributed by atoms with E-state index in [1.807, 2.05) is 0 Å². The molecule has 5 heteroatoms. The standard InChI is InChI=1S/C12H15Cl2NO2/c13-10-1-2-12(11(14)9-10)17-8-5-15-3-6-16-7-4-15/h1-2,9H,3-8H2. The van der Waals surface area contributed by atoms with Crippen molar-refractivity contribution < 1.29 is 9.47 Å². The number of ether oxygens (including phenoxy) is 2. The molecular weight excluding hydrogens is 261 g/mol. The Morgan fingerprint density at radius 1 is 1.24 bits per heavy atom. The first-order valence-electron chi connectivity index (χ1n) is 5.63. The zero-order valence-electron chi connectivity index (χ0n) is 9.49. The van der Waals surface area contributed by atoms with Crippen LogP contribution >= 0.6 is 23.2 Å². The van der Waals surface area contributed by atoms with Crippen LogP contribution in [0.3, 0.4) is 0 Å². The average Bonchev–Trinajstić information content (AvgIpc) is 2.33. The third-order valence-electron chi connectivity index (χ3n) is 2.66. The molecule has 1 aromatic rings. The Balaban J connectivity index is 1.77. The van der Waals surface area contributed by atoms with E-state index in [1.54, 1.807) is 18.2 Å². The van der Waals surface area contributed by atoms with Crippen LogP contribution in [-0.2, 0) is 4.74 Å². The Morgan fingerprint density at radius 3 is 2.71 bits per heavy atom. The maximum Gasteiger partial charge on any atom is 0.138 e. The summed E-state index contributed by atoms with van der Waals surface area (Å²) in [5, 5.41) is 1.18. The minimum atomic E-state index is 0.555. The first-order chi connectivity index (χ1) is 8.25. The molecule has 0 N–H and O–H groups in total. The summed E-state index contributed by atoms with van der Waals surface area (Å²) in [5.41, 5.74) is 0. The van der Waals surface area contributed by atoms with Gasteiger partial charge in [-0.05, 0) is 18.2 Å². The van der Waals surface area contributed by atoms with Crippen molar-refractivity contribution in [3.05, 3.63) is 28.2 Å². The second-order valence-corrected chi connectivity index (χ2v) is 4.72. The van der Waals surface area contributed by atoms with Gasteiger partial charge in [-0.15, -0.1) is 0 Å². The topological polar surface area (TPSA) is 21.7 Å². The lowest BCUT2D eigenvalue weighted by Gasteiger charge is -2.26. The van der Waals surface area contributed by atoms with Crippen LogP contribution in [0.2, 0.25) is 10.0 Å². The summed E-state index contributed by atoms with van der Waals surface area (Å²) in [6.07, 6.45) is 0. The van der Waals surface area contributed by atoms with E-state index in [0.29, 0.717) is 22.4 Å². The highest BCUT2D eigenvalue weighted by atomic mass is 35.5. The molecule has 0 atom stereocenters. The molecule has 0 bridgehead atoms. The number of rotatable bonds is 4. The Hall–Kier alpha value is -0.480. The monoisotopic (exact) mass is 275 g/mol. The summed E-state index contributed by atoms with van der Waals surface area (Å²) in [7, 11) is 0. The van der Waals surface area contributed by atoms with E-state index in [1.165, 1.54) is 0 Å². The molecule has 1 heterocycles.